The lowest BCUT2D eigenvalue weighted by atomic mass is 9.69. The molecule has 3 aromatic rings. The first kappa shape index (κ1) is 35.8. The van der Waals surface area contributed by atoms with Crippen LogP contribution in [-0.2, 0) is 29.3 Å². The van der Waals surface area contributed by atoms with Gasteiger partial charge in [-0.05, 0) is 43.0 Å². The molecule has 3 aromatic carbocycles. The van der Waals surface area contributed by atoms with Crippen molar-refractivity contribution in [3.8, 4) is 5.75 Å². The number of rotatable bonds is 11. The molecule has 0 radical (unpaired) electrons. The minimum Gasteiger partial charge on any atom is -0.459 e. The third kappa shape index (κ3) is 8.46. The first-order valence-electron chi connectivity index (χ1n) is 16.0. The first-order valence-corrected chi connectivity index (χ1v) is 16.0. The Morgan fingerprint density at radius 2 is 1.50 bits per heavy atom. The van der Waals surface area contributed by atoms with Crippen LogP contribution in [0.5, 0.6) is 5.75 Å². The summed E-state index contributed by atoms with van der Waals surface area (Å²) >= 11 is 0. The highest BCUT2D eigenvalue weighted by atomic mass is 16.5. The normalized spacial score (nSPS) is 17.0. The molecule has 1 heterocycles. The van der Waals surface area contributed by atoms with E-state index < -0.39 is 35.4 Å². The molecule has 48 heavy (non-hydrogen) atoms. The summed E-state index contributed by atoms with van der Waals surface area (Å²) in [6.45, 7) is 6.83. The number of hydrogen-bond acceptors (Lipinski definition) is 8. The van der Waals surface area contributed by atoms with Gasteiger partial charge < -0.3 is 25.0 Å². The Labute approximate surface area is 281 Å². The zero-order valence-electron chi connectivity index (χ0n) is 28.3. The standard InChI is InChI=1S/C37H44N4O7/c1-24(22-37(36(46)40(5)6,28-13-9-7-10-14-28)29-15-11-8-12-16-29)41-20-19-32(34(23-41)48-27(4)44)39-35(45)31-18-17-30(38-25(2)42)21-33(31)47-26(3)43/h7-18,21,24,32,34H,19-20,22-23H2,1-6H3,(H,38,42)(H,39,45)/t24?,32-,34-/m1/s1. The molecule has 2 N–H and O–H groups in total. The van der Waals surface area contributed by atoms with Gasteiger partial charge in [0.1, 0.15) is 17.3 Å². The summed E-state index contributed by atoms with van der Waals surface area (Å²) in [6.07, 6.45) is 0.214. The molecular formula is C37H44N4O7. The molecule has 1 saturated heterocycles. The number of esters is 2. The summed E-state index contributed by atoms with van der Waals surface area (Å²) in [6, 6.07) is 23.3. The molecular weight excluding hydrogens is 612 g/mol. The average Bonchev–Trinajstić information content (AvgIpc) is 3.04. The lowest BCUT2D eigenvalue weighted by Crippen LogP contribution is -2.58. The maximum absolute atomic E-state index is 14.2. The van der Waals surface area contributed by atoms with E-state index in [1.54, 1.807) is 19.0 Å². The number of ether oxygens (including phenoxy) is 2. The molecule has 0 aromatic heterocycles. The third-order valence-electron chi connectivity index (χ3n) is 8.55. The van der Waals surface area contributed by atoms with Crippen LogP contribution in [-0.4, -0.2) is 84.8 Å². The van der Waals surface area contributed by atoms with Gasteiger partial charge in [-0.2, -0.15) is 0 Å². The molecule has 0 saturated carbocycles. The summed E-state index contributed by atoms with van der Waals surface area (Å²) in [5.41, 5.74) is 1.24. The maximum atomic E-state index is 14.2. The third-order valence-corrected chi connectivity index (χ3v) is 8.55. The van der Waals surface area contributed by atoms with Gasteiger partial charge in [0.15, 0.2) is 0 Å². The smallest absolute Gasteiger partial charge is 0.308 e. The Balaban J connectivity index is 1.60. The number of nitrogens with one attached hydrogen (secondary N) is 2. The van der Waals surface area contributed by atoms with Crippen molar-refractivity contribution in [2.75, 3.05) is 32.5 Å². The lowest BCUT2D eigenvalue weighted by molar-refractivity contribution is -0.151. The van der Waals surface area contributed by atoms with Gasteiger partial charge in [0.05, 0.1) is 11.6 Å². The predicted octanol–water partition coefficient (Wildman–Crippen LogP) is 4.16. The van der Waals surface area contributed by atoms with Gasteiger partial charge in [-0.15, -0.1) is 0 Å². The number of piperidine rings is 1. The highest BCUT2D eigenvalue weighted by Crippen LogP contribution is 2.40. The van der Waals surface area contributed by atoms with Gasteiger partial charge >= 0.3 is 11.9 Å². The van der Waals surface area contributed by atoms with Gasteiger partial charge in [-0.1, -0.05) is 60.7 Å². The molecule has 1 unspecified atom stereocenters. The van der Waals surface area contributed by atoms with E-state index in [-0.39, 0.29) is 29.2 Å². The lowest BCUT2D eigenvalue weighted by Gasteiger charge is -2.44. The van der Waals surface area contributed by atoms with E-state index in [4.69, 9.17) is 9.47 Å². The molecule has 4 rings (SSSR count). The van der Waals surface area contributed by atoms with Gasteiger partial charge in [0.25, 0.3) is 5.91 Å². The molecule has 3 atom stereocenters. The molecule has 11 heteroatoms. The van der Waals surface area contributed by atoms with E-state index in [0.717, 1.165) is 11.1 Å². The number of likely N-dealkylation sites (tertiary alicyclic amines) is 1. The number of amides is 3. The number of likely N-dealkylation sites (N-methyl/N-ethyl adjacent to an activating group) is 1. The molecule has 254 valence electrons. The van der Waals surface area contributed by atoms with Crippen molar-refractivity contribution >= 4 is 35.3 Å². The Morgan fingerprint density at radius 3 is 2.02 bits per heavy atom. The highest BCUT2D eigenvalue weighted by Gasteiger charge is 2.46. The predicted molar refractivity (Wildman–Crippen MR) is 181 cm³/mol. The minimum absolute atomic E-state index is 0.00920. The maximum Gasteiger partial charge on any atom is 0.308 e. The van der Waals surface area contributed by atoms with Crippen LogP contribution in [0.2, 0.25) is 0 Å². The van der Waals surface area contributed by atoms with E-state index in [2.05, 4.69) is 22.5 Å². The minimum atomic E-state index is -0.982. The Hall–Kier alpha value is -5.03. The van der Waals surface area contributed by atoms with Crippen molar-refractivity contribution in [1.29, 1.82) is 0 Å². The van der Waals surface area contributed by atoms with Crippen LogP contribution in [0.25, 0.3) is 0 Å². The van der Waals surface area contributed by atoms with E-state index in [1.807, 2.05) is 60.7 Å². The number of anilines is 1. The molecule has 1 fully saturated rings. The largest absolute Gasteiger partial charge is 0.459 e. The quantitative estimate of drug-likeness (QED) is 0.232. The van der Waals surface area contributed by atoms with Crippen LogP contribution in [0.4, 0.5) is 5.69 Å². The van der Waals surface area contributed by atoms with Crippen molar-refractivity contribution in [1.82, 2.24) is 15.1 Å². The second kappa shape index (κ2) is 15.7. The number of nitrogens with zero attached hydrogens (tertiary/aromatic N) is 2. The average molecular weight is 657 g/mol. The highest BCUT2D eigenvalue weighted by molar-refractivity contribution is 5.99. The summed E-state index contributed by atoms with van der Waals surface area (Å²) < 4.78 is 11.1. The molecule has 1 aliphatic rings. The van der Waals surface area contributed by atoms with E-state index in [0.29, 0.717) is 31.6 Å². The molecule has 11 nitrogen and oxygen atoms in total. The van der Waals surface area contributed by atoms with Crippen LogP contribution in [0.15, 0.2) is 78.9 Å². The fourth-order valence-electron chi connectivity index (χ4n) is 6.45. The van der Waals surface area contributed by atoms with Gasteiger partial charge in [0.2, 0.25) is 11.8 Å². The van der Waals surface area contributed by atoms with Crippen LogP contribution in [0, 0.1) is 0 Å². The van der Waals surface area contributed by atoms with Crippen molar-refractivity contribution in [3.05, 3.63) is 95.6 Å². The van der Waals surface area contributed by atoms with Crippen molar-refractivity contribution in [2.24, 2.45) is 0 Å². The molecule has 1 aliphatic heterocycles. The number of hydrogen-bond donors (Lipinski definition) is 2. The van der Waals surface area contributed by atoms with E-state index >= 15 is 0 Å². The Bertz CT molecular complexity index is 1590. The fraction of sp³-hybridized carbons (Fsp3) is 0.378. The van der Waals surface area contributed by atoms with E-state index in [1.165, 1.54) is 39.0 Å². The van der Waals surface area contributed by atoms with Gasteiger partial charge in [-0.25, -0.2) is 0 Å². The number of benzene rings is 3. The van der Waals surface area contributed by atoms with Crippen LogP contribution < -0.4 is 15.4 Å². The SMILES string of the molecule is CC(=O)Nc1ccc(C(=O)N[C@@H]2CCN(C(C)CC(C(=O)N(C)C)(c3ccccc3)c3ccccc3)C[C@H]2OC(C)=O)c(OC(C)=O)c1. The Kier molecular flexibility index (Phi) is 11.7. The molecule has 0 spiro atoms. The number of carbonyl (C=O) groups is 5. The topological polar surface area (TPSA) is 134 Å². The zero-order valence-corrected chi connectivity index (χ0v) is 28.3. The molecule has 0 bridgehead atoms. The first-order chi connectivity index (χ1) is 22.8. The van der Waals surface area contributed by atoms with Crippen LogP contribution in [0.1, 0.15) is 62.0 Å². The zero-order chi connectivity index (χ0) is 35.0. The van der Waals surface area contributed by atoms with Crippen molar-refractivity contribution in [3.63, 3.8) is 0 Å². The monoisotopic (exact) mass is 656 g/mol. The summed E-state index contributed by atoms with van der Waals surface area (Å²) in [5, 5.41) is 5.59. The van der Waals surface area contributed by atoms with Crippen LogP contribution in [0.3, 0.4) is 0 Å². The van der Waals surface area contributed by atoms with Gasteiger partial charge in [-0.3, -0.25) is 28.9 Å². The van der Waals surface area contributed by atoms with Crippen molar-refractivity contribution < 1.29 is 33.4 Å². The van der Waals surface area contributed by atoms with Crippen LogP contribution >= 0.6 is 0 Å². The van der Waals surface area contributed by atoms with Gasteiger partial charge in [0, 0.05) is 65.8 Å². The molecule has 3 amide bonds. The second-order valence-corrected chi connectivity index (χ2v) is 12.4. The summed E-state index contributed by atoms with van der Waals surface area (Å²) in [7, 11) is 3.53. The summed E-state index contributed by atoms with van der Waals surface area (Å²) in [4.78, 5) is 67.2. The van der Waals surface area contributed by atoms with E-state index in [9.17, 15) is 24.0 Å². The Morgan fingerprint density at radius 1 is 0.896 bits per heavy atom. The molecule has 0 aliphatic carbocycles. The fourth-order valence-corrected chi connectivity index (χ4v) is 6.45. The number of carbonyl (C=O) groups excluding carboxylic acids is 5. The second-order valence-electron chi connectivity index (χ2n) is 12.4. The summed E-state index contributed by atoms with van der Waals surface area (Å²) in [5.74, 6) is -2.00. The van der Waals surface area contributed by atoms with Crippen molar-refractivity contribution in [2.45, 2.75) is 64.1 Å².